The molecule has 0 aliphatic carbocycles. The van der Waals surface area contributed by atoms with E-state index >= 15 is 0 Å². The third-order valence-corrected chi connectivity index (χ3v) is 3.74. The van der Waals surface area contributed by atoms with E-state index in [1.165, 1.54) is 11.3 Å². The first-order chi connectivity index (χ1) is 9.24. The molecule has 2 heterocycles. The molecule has 0 aromatic carbocycles. The first-order valence-electron chi connectivity index (χ1n) is 6.22. The van der Waals surface area contributed by atoms with E-state index in [1.807, 2.05) is 0 Å². The van der Waals surface area contributed by atoms with Crippen molar-refractivity contribution in [2.24, 2.45) is 0 Å². The van der Waals surface area contributed by atoms with Gasteiger partial charge in [0.1, 0.15) is 15.2 Å². The lowest BCUT2D eigenvalue weighted by atomic mass is 10.3. The standard InChI is InChI=1S/C12H17N5OS/c1-2-14-4-3-5-16-11(18)10-8(13)9-12(19-10)17-7-6-15-9/h6-7,14H,2-5,13H2,1H3,(H,16,18). The molecule has 0 spiro atoms. The largest absolute Gasteiger partial charge is 0.396 e. The first-order valence-corrected chi connectivity index (χ1v) is 7.03. The van der Waals surface area contributed by atoms with Gasteiger partial charge in [0, 0.05) is 18.9 Å². The number of amides is 1. The Hall–Kier alpha value is -1.73. The fourth-order valence-corrected chi connectivity index (χ4v) is 2.62. The summed E-state index contributed by atoms with van der Waals surface area (Å²) in [5.41, 5.74) is 6.94. The number of nitrogens with two attached hydrogens (primary N) is 1. The molecule has 6 nitrogen and oxygen atoms in total. The Morgan fingerprint density at radius 2 is 2.16 bits per heavy atom. The number of hydrogen-bond donors (Lipinski definition) is 3. The van der Waals surface area contributed by atoms with Gasteiger partial charge in [-0.05, 0) is 19.5 Å². The molecule has 0 aliphatic rings. The van der Waals surface area contributed by atoms with Crippen LogP contribution in [0.3, 0.4) is 0 Å². The second kappa shape index (κ2) is 6.44. The fourth-order valence-electron chi connectivity index (χ4n) is 1.68. The van der Waals surface area contributed by atoms with Crippen LogP contribution in [-0.4, -0.2) is 35.5 Å². The smallest absolute Gasteiger partial charge is 0.263 e. The SMILES string of the molecule is CCNCCCNC(=O)c1sc2nccnc2c1N. The van der Waals surface area contributed by atoms with E-state index < -0.39 is 0 Å². The van der Waals surface area contributed by atoms with Gasteiger partial charge in [-0.1, -0.05) is 6.92 Å². The van der Waals surface area contributed by atoms with Gasteiger partial charge in [0.15, 0.2) is 0 Å². The summed E-state index contributed by atoms with van der Waals surface area (Å²) in [6, 6.07) is 0. The van der Waals surface area contributed by atoms with Crippen LogP contribution in [0, 0.1) is 0 Å². The van der Waals surface area contributed by atoms with Crippen LogP contribution in [-0.2, 0) is 0 Å². The van der Waals surface area contributed by atoms with E-state index in [4.69, 9.17) is 5.73 Å². The van der Waals surface area contributed by atoms with Crippen LogP contribution in [0.5, 0.6) is 0 Å². The quantitative estimate of drug-likeness (QED) is 0.686. The molecule has 0 radical (unpaired) electrons. The molecule has 0 fully saturated rings. The molecule has 0 saturated heterocycles. The maximum atomic E-state index is 12.0. The average molecular weight is 279 g/mol. The number of aromatic nitrogens is 2. The molecule has 7 heteroatoms. The zero-order valence-corrected chi connectivity index (χ0v) is 11.6. The van der Waals surface area contributed by atoms with Gasteiger partial charge in [-0.15, -0.1) is 11.3 Å². The number of nitrogen functional groups attached to an aromatic ring is 1. The van der Waals surface area contributed by atoms with Crippen LogP contribution < -0.4 is 16.4 Å². The van der Waals surface area contributed by atoms with Gasteiger partial charge in [-0.2, -0.15) is 0 Å². The molecule has 0 aliphatic heterocycles. The van der Waals surface area contributed by atoms with Crippen molar-refractivity contribution >= 4 is 33.3 Å². The van der Waals surface area contributed by atoms with Crippen molar-refractivity contribution in [1.82, 2.24) is 20.6 Å². The molecule has 0 unspecified atom stereocenters. The molecular weight excluding hydrogens is 262 g/mol. The molecule has 0 bridgehead atoms. The number of hydrogen-bond acceptors (Lipinski definition) is 6. The number of carbonyl (C=O) groups is 1. The lowest BCUT2D eigenvalue weighted by Crippen LogP contribution is -2.27. The Kier molecular flexibility index (Phi) is 4.64. The average Bonchev–Trinajstić information content (AvgIpc) is 2.76. The van der Waals surface area contributed by atoms with Crippen molar-refractivity contribution in [3.8, 4) is 0 Å². The van der Waals surface area contributed by atoms with Crippen molar-refractivity contribution in [3.05, 3.63) is 17.3 Å². The highest BCUT2D eigenvalue weighted by molar-refractivity contribution is 7.21. The topological polar surface area (TPSA) is 92.9 Å². The monoisotopic (exact) mass is 279 g/mol. The van der Waals surface area contributed by atoms with Gasteiger partial charge in [0.2, 0.25) is 0 Å². The van der Waals surface area contributed by atoms with Gasteiger partial charge in [-0.3, -0.25) is 4.79 Å². The maximum absolute atomic E-state index is 12.0. The highest BCUT2D eigenvalue weighted by Crippen LogP contribution is 2.30. The molecule has 0 saturated carbocycles. The summed E-state index contributed by atoms with van der Waals surface area (Å²) >= 11 is 1.27. The van der Waals surface area contributed by atoms with Gasteiger partial charge in [-0.25, -0.2) is 9.97 Å². The zero-order chi connectivity index (χ0) is 13.7. The molecule has 19 heavy (non-hydrogen) atoms. The van der Waals surface area contributed by atoms with Crippen molar-refractivity contribution in [1.29, 1.82) is 0 Å². The van der Waals surface area contributed by atoms with E-state index in [-0.39, 0.29) is 5.91 Å². The highest BCUT2D eigenvalue weighted by atomic mass is 32.1. The summed E-state index contributed by atoms with van der Waals surface area (Å²) in [4.78, 5) is 21.5. The predicted molar refractivity (Wildman–Crippen MR) is 77.3 cm³/mol. The molecule has 2 aromatic heterocycles. The number of nitrogens with one attached hydrogen (secondary N) is 2. The summed E-state index contributed by atoms with van der Waals surface area (Å²) in [7, 11) is 0. The molecule has 2 rings (SSSR count). The van der Waals surface area contributed by atoms with Crippen LogP contribution in [0.2, 0.25) is 0 Å². The zero-order valence-electron chi connectivity index (χ0n) is 10.8. The van der Waals surface area contributed by atoms with Crippen molar-refractivity contribution in [2.75, 3.05) is 25.4 Å². The minimum atomic E-state index is -0.154. The lowest BCUT2D eigenvalue weighted by molar-refractivity contribution is 0.0958. The van der Waals surface area contributed by atoms with Gasteiger partial charge in [0.25, 0.3) is 5.91 Å². The molecule has 4 N–H and O–H groups in total. The van der Waals surface area contributed by atoms with E-state index in [1.54, 1.807) is 12.4 Å². The Morgan fingerprint density at radius 1 is 1.37 bits per heavy atom. The second-order valence-electron chi connectivity index (χ2n) is 4.02. The van der Waals surface area contributed by atoms with Crippen molar-refractivity contribution in [3.63, 3.8) is 0 Å². The van der Waals surface area contributed by atoms with Crippen LogP contribution in [0.4, 0.5) is 5.69 Å². The number of carbonyl (C=O) groups excluding carboxylic acids is 1. The van der Waals surface area contributed by atoms with Gasteiger partial charge in [0.05, 0.1) is 5.69 Å². The number of nitrogens with zero attached hydrogens (tertiary/aromatic N) is 2. The number of fused-ring (bicyclic) bond motifs is 1. The van der Waals surface area contributed by atoms with E-state index in [2.05, 4.69) is 27.5 Å². The van der Waals surface area contributed by atoms with Gasteiger partial charge < -0.3 is 16.4 Å². The third kappa shape index (κ3) is 3.18. The Labute approximate surface area is 115 Å². The Bertz CT molecular complexity index is 568. The van der Waals surface area contributed by atoms with Crippen molar-refractivity contribution in [2.45, 2.75) is 13.3 Å². The molecule has 1 amide bonds. The van der Waals surface area contributed by atoms with E-state index in [0.717, 1.165) is 19.5 Å². The van der Waals surface area contributed by atoms with Gasteiger partial charge >= 0.3 is 0 Å². The molecule has 102 valence electrons. The molecule has 2 aromatic rings. The van der Waals surface area contributed by atoms with Crippen LogP contribution in [0.15, 0.2) is 12.4 Å². The van der Waals surface area contributed by atoms with Crippen LogP contribution in [0.25, 0.3) is 10.3 Å². The third-order valence-electron chi connectivity index (χ3n) is 2.64. The van der Waals surface area contributed by atoms with Crippen molar-refractivity contribution < 1.29 is 4.79 Å². The minimum absolute atomic E-state index is 0.154. The lowest BCUT2D eigenvalue weighted by Gasteiger charge is -2.04. The molecule has 0 atom stereocenters. The minimum Gasteiger partial charge on any atom is -0.396 e. The van der Waals surface area contributed by atoms with Crippen LogP contribution >= 0.6 is 11.3 Å². The maximum Gasteiger partial charge on any atom is 0.263 e. The summed E-state index contributed by atoms with van der Waals surface area (Å²) in [6.45, 7) is 4.51. The summed E-state index contributed by atoms with van der Waals surface area (Å²) < 4.78 is 0. The van der Waals surface area contributed by atoms with Crippen LogP contribution in [0.1, 0.15) is 23.0 Å². The van der Waals surface area contributed by atoms with E-state index in [0.29, 0.717) is 27.5 Å². The second-order valence-corrected chi connectivity index (χ2v) is 5.02. The number of thiophene rings is 1. The Balaban J connectivity index is 1.99. The van der Waals surface area contributed by atoms with E-state index in [9.17, 15) is 4.79 Å². The summed E-state index contributed by atoms with van der Waals surface area (Å²) in [5, 5.41) is 6.06. The first kappa shape index (κ1) is 13.7. The normalized spacial score (nSPS) is 10.8. The predicted octanol–water partition coefficient (Wildman–Crippen LogP) is 1.00. The number of anilines is 1. The number of rotatable bonds is 6. The molecular formula is C12H17N5OS. The Morgan fingerprint density at radius 3 is 2.89 bits per heavy atom. The highest BCUT2D eigenvalue weighted by Gasteiger charge is 2.17. The fraction of sp³-hybridized carbons (Fsp3) is 0.417. The summed E-state index contributed by atoms with van der Waals surface area (Å²) in [6.07, 6.45) is 4.06. The summed E-state index contributed by atoms with van der Waals surface area (Å²) in [5.74, 6) is -0.154.